The summed E-state index contributed by atoms with van der Waals surface area (Å²) in [5, 5.41) is 7.11. The van der Waals surface area contributed by atoms with Crippen LogP contribution in [0.25, 0.3) is 0 Å². The minimum Gasteiger partial charge on any atom is -0.497 e. The van der Waals surface area contributed by atoms with E-state index in [-0.39, 0.29) is 17.9 Å². The molecule has 2 unspecified atom stereocenters. The van der Waals surface area contributed by atoms with Crippen molar-refractivity contribution < 1.29 is 14.1 Å². The summed E-state index contributed by atoms with van der Waals surface area (Å²) >= 11 is 0. The highest BCUT2D eigenvalue weighted by Gasteiger charge is 2.27. The lowest BCUT2D eigenvalue weighted by Crippen LogP contribution is -2.38. The predicted molar refractivity (Wildman–Crippen MR) is 104 cm³/mol. The molecular weight excluding hydrogens is 342 g/mol. The van der Waals surface area contributed by atoms with Gasteiger partial charge in [-0.15, -0.1) is 0 Å². The summed E-state index contributed by atoms with van der Waals surface area (Å²) in [6.45, 7) is 8.33. The number of nitrogens with one attached hydrogen (secondary N) is 1. The van der Waals surface area contributed by atoms with Gasteiger partial charge in [0.25, 0.3) is 0 Å². The van der Waals surface area contributed by atoms with Gasteiger partial charge in [-0.3, -0.25) is 9.69 Å². The Morgan fingerprint density at radius 3 is 2.48 bits per heavy atom. The second-order valence-corrected chi connectivity index (χ2v) is 7.24. The maximum absolute atomic E-state index is 12.8. The number of carbonyl (C=O) groups excluding carboxylic acids is 1. The normalized spacial score (nSPS) is 16.9. The van der Waals surface area contributed by atoms with Gasteiger partial charge in [-0.05, 0) is 64.4 Å². The second kappa shape index (κ2) is 8.57. The van der Waals surface area contributed by atoms with E-state index in [4.69, 9.17) is 9.26 Å². The lowest BCUT2D eigenvalue weighted by molar-refractivity contribution is -0.122. The highest BCUT2D eigenvalue weighted by Crippen LogP contribution is 2.27. The SMILES string of the molecule is COc1ccc(C(CNC(=O)C(C)c2c(C)noc2C)N2CCCC2)cc1. The first-order valence-electron chi connectivity index (χ1n) is 9.59. The first-order chi connectivity index (χ1) is 13.0. The fourth-order valence-corrected chi connectivity index (χ4v) is 3.93. The molecular formula is C21H29N3O3. The Hall–Kier alpha value is -2.34. The van der Waals surface area contributed by atoms with E-state index in [1.54, 1.807) is 7.11 Å². The van der Waals surface area contributed by atoms with Crippen molar-refractivity contribution in [3.8, 4) is 5.75 Å². The van der Waals surface area contributed by atoms with Gasteiger partial charge < -0.3 is 14.6 Å². The number of ether oxygens (including phenoxy) is 1. The average molecular weight is 371 g/mol. The summed E-state index contributed by atoms with van der Waals surface area (Å²) < 4.78 is 10.5. The standard InChI is InChI=1S/C21H29N3O3/c1-14(20-15(2)23-27-16(20)3)21(25)22-13-19(24-11-5-6-12-24)17-7-9-18(26-4)10-8-17/h7-10,14,19H,5-6,11-13H2,1-4H3,(H,22,25). The van der Waals surface area contributed by atoms with Gasteiger partial charge in [0.2, 0.25) is 5.91 Å². The van der Waals surface area contributed by atoms with Gasteiger partial charge in [0.15, 0.2) is 0 Å². The third-order valence-corrected chi connectivity index (χ3v) is 5.47. The maximum Gasteiger partial charge on any atom is 0.227 e. The lowest BCUT2D eigenvalue weighted by atomic mass is 9.98. The number of carbonyl (C=O) groups is 1. The zero-order chi connectivity index (χ0) is 19.4. The smallest absolute Gasteiger partial charge is 0.227 e. The zero-order valence-electron chi connectivity index (χ0n) is 16.6. The summed E-state index contributed by atoms with van der Waals surface area (Å²) in [5.41, 5.74) is 2.86. The molecule has 0 saturated carbocycles. The van der Waals surface area contributed by atoms with E-state index in [9.17, 15) is 4.79 Å². The summed E-state index contributed by atoms with van der Waals surface area (Å²) in [6, 6.07) is 8.30. The molecule has 1 fully saturated rings. The third kappa shape index (κ3) is 4.33. The van der Waals surface area contributed by atoms with Gasteiger partial charge in [-0.2, -0.15) is 0 Å². The van der Waals surface area contributed by atoms with E-state index < -0.39 is 0 Å². The van der Waals surface area contributed by atoms with Crippen LogP contribution in [0.5, 0.6) is 5.75 Å². The van der Waals surface area contributed by atoms with E-state index in [0.717, 1.165) is 30.1 Å². The monoisotopic (exact) mass is 371 g/mol. The fraction of sp³-hybridized carbons (Fsp3) is 0.524. The summed E-state index contributed by atoms with van der Waals surface area (Å²) in [4.78, 5) is 15.2. The molecule has 1 saturated heterocycles. The van der Waals surface area contributed by atoms with Crippen molar-refractivity contribution in [1.29, 1.82) is 0 Å². The number of amides is 1. The Morgan fingerprint density at radius 1 is 1.26 bits per heavy atom. The number of aromatic nitrogens is 1. The molecule has 1 aliphatic heterocycles. The van der Waals surface area contributed by atoms with Crippen LogP contribution in [0.1, 0.15) is 54.3 Å². The van der Waals surface area contributed by atoms with Gasteiger partial charge in [-0.1, -0.05) is 17.3 Å². The van der Waals surface area contributed by atoms with Gasteiger partial charge in [0, 0.05) is 12.1 Å². The molecule has 27 heavy (non-hydrogen) atoms. The quantitative estimate of drug-likeness (QED) is 0.808. The molecule has 1 aromatic heterocycles. The highest BCUT2D eigenvalue weighted by atomic mass is 16.5. The number of nitrogens with zero attached hydrogens (tertiary/aromatic N) is 2. The molecule has 6 nitrogen and oxygen atoms in total. The average Bonchev–Trinajstić information content (AvgIpc) is 3.32. The summed E-state index contributed by atoms with van der Waals surface area (Å²) in [5.74, 6) is 1.27. The van der Waals surface area contributed by atoms with Crippen LogP contribution >= 0.6 is 0 Å². The molecule has 1 amide bonds. The summed E-state index contributed by atoms with van der Waals surface area (Å²) in [7, 11) is 1.67. The van der Waals surface area contributed by atoms with Crippen LogP contribution in [0.15, 0.2) is 28.8 Å². The Bertz CT molecular complexity index is 744. The molecule has 0 spiro atoms. The Morgan fingerprint density at radius 2 is 1.93 bits per heavy atom. The van der Waals surface area contributed by atoms with Crippen LogP contribution in [-0.2, 0) is 4.79 Å². The van der Waals surface area contributed by atoms with E-state index in [0.29, 0.717) is 12.3 Å². The van der Waals surface area contributed by atoms with E-state index in [1.165, 1.54) is 18.4 Å². The number of hydrogen-bond acceptors (Lipinski definition) is 5. The molecule has 1 N–H and O–H groups in total. The molecule has 0 aliphatic carbocycles. The van der Waals surface area contributed by atoms with Crippen LogP contribution in [0.3, 0.4) is 0 Å². The van der Waals surface area contributed by atoms with Gasteiger partial charge in [0.05, 0.1) is 24.8 Å². The highest BCUT2D eigenvalue weighted by molar-refractivity contribution is 5.83. The van der Waals surface area contributed by atoms with E-state index >= 15 is 0 Å². The molecule has 6 heteroatoms. The van der Waals surface area contributed by atoms with Crippen molar-refractivity contribution in [3.63, 3.8) is 0 Å². The number of likely N-dealkylation sites (tertiary alicyclic amines) is 1. The fourth-order valence-electron chi connectivity index (χ4n) is 3.93. The summed E-state index contributed by atoms with van der Waals surface area (Å²) in [6.07, 6.45) is 2.41. The third-order valence-electron chi connectivity index (χ3n) is 5.47. The largest absolute Gasteiger partial charge is 0.497 e. The molecule has 0 bridgehead atoms. The minimum atomic E-state index is -0.286. The van der Waals surface area contributed by atoms with Gasteiger partial charge in [0.1, 0.15) is 11.5 Å². The van der Waals surface area contributed by atoms with Crippen molar-refractivity contribution in [3.05, 3.63) is 46.8 Å². The maximum atomic E-state index is 12.8. The van der Waals surface area contributed by atoms with Gasteiger partial charge >= 0.3 is 0 Å². The number of hydrogen-bond donors (Lipinski definition) is 1. The Kier molecular flexibility index (Phi) is 6.16. The predicted octanol–water partition coefficient (Wildman–Crippen LogP) is 3.36. The molecule has 3 rings (SSSR count). The van der Waals surface area contributed by atoms with Crippen LogP contribution in [-0.4, -0.2) is 42.7 Å². The molecule has 2 atom stereocenters. The molecule has 2 aromatic rings. The molecule has 1 aromatic carbocycles. The van der Waals surface area contributed by atoms with E-state index in [2.05, 4.69) is 27.5 Å². The number of aryl methyl sites for hydroxylation is 2. The molecule has 0 radical (unpaired) electrons. The van der Waals surface area contributed by atoms with E-state index in [1.807, 2.05) is 32.9 Å². The first-order valence-corrected chi connectivity index (χ1v) is 9.59. The molecule has 2 heterocycles. The van der Waals surface area contributed by atoms with Crippen LogP contribution in [0, 0.1) is 13.8 Å². The number of benzene rings is 1. The lowest BCUT2D eigenvalue weighted by Gasteiger charge is -2.29. The van der Waals surface area contributed by atoms with Crippen molar-refractivity contribution in [2.45, 2.75) is 45.6 Å². The Labute approximate surface area is 160 Å². The topological polar surface area (TPSA) is 67.6 Å². The molecule has 1 aliphatic rings. The van der Waals surface area contributed by atoms with Crippen LogP contribution in [0.2, 0.25) is 0 Å². The van der Waals surface area contributed by atoms with Gasteiger partial charge in [-0.25, -0.2) is 0 Å². The van der Waals surface area contributed by atoms with Crippen LogP contribution < -0.4 is 10.1 Å². The Balaban J connectivity index is 1.71. The number of methoxy groups -OCH3 is 1. The van der Waals surface area contributed by atoms with Crippen molar-refractivity contribution >= 4 is 5.91 Å². The zero-order valence-corrected chi connectivity index (χ0v) is 16.6. The van der Waals surface area contributed by atoms with Crippen molar-refractivity contribution in [2.75, 3.05) is 26.7 Å². The first kappa shape index (κ1) is 19.4. The second-order valence-electron chi connectivity index (χ2n) is 7.24. The molecule has 146 valence electrons. The number of rotatable bonds is 7. The minimum absolute atomic E-state index is 0.00195. The van der Waals surface area contributed by atoms with Crippen molar-refractivity contribution in [1.82, 2.24) is 15.4 Å². The van der Waals surface area contributed by atoms with Crippen molar-refractivity contribution in [2.24, 2.45) is 0 Å². The van der Waals surface area contributed by atoms with Crippen LogP contribution in [0.4, 0.5) is 0 Å².